The Hall–Kier alpha value is -0.350. The molecule has 1 rings (SSSR count). The van der Waals surface area contributed by atoms with Crippen LogP contribution in [0.5, 0.6) is 5.75 Å². The monoisotopic (exact) mass is 266 g/mol. The first kappa shape index (κ1) is 10.7. The zero-order chi connectivity index (χ0) is 10.1. The van der Waals surface area contributed by atoms with E-state index in [1.165, 1.54) is 0 Å². The number of hydrogen-bond donors (Lipinski definition) is 2. The molecule has 0 aliphatic heterocycles. The van der Waals surface area contributed by atoms with E-state index in [2.05, 4.69) is 20.5 Å². The molecule has 6 heteroatoms. The number of benzene rings is 1. The van der Waals surface area contributed by atoms with Crippen LogP contribution in [0.4, 0.5) is 0 Å². The van der Waals surface area contributed by atoms with Crippen LogP contribution < -0.4 is 4.52 Å². The summed E-state index contributed by atoms with van der Waals surface area (Å²) in [5.74, 6) is 0.177. The van der Waals surface area contributed by atoms with Crippen molar-refractivity contribution in [3.63, 3.8) is 0 Å². The summed E-state index contributed by atoms with van der Waals surface area (Å²) in [7, 11) is -4.47. The van der Waals surface area contributed by atoms with Crippen LogP contribution in [0, 0.1) is 6.92 Å². The molecule has 0 spiro atoms. The normalized spacial score (nSPS) is 11.4. The SMILES string of the molecule is Cc1cccc(Br)c1OP(=O)(O)O. The van der Waals surface area contributed by atoms with Gasteiger partial charge in [-0.1, -0.05) is 12.1 Å². The summed E-state index contributed by atoms with van der Waals surface area (Å²) < 4.78 is 15.6. The van der Waals surface area contributed by atoms with E-state index in [1.807, 2.05) is 0 Å². The number of phosphoric acid groups is 1. The Morgan fingerprint density at radius 1 is 1.46 bits per heavy atom. The van der Waals surface area contributed by atoms with Gasteiger partial charge in [-0.05, 0) is 34.5 Å². The molecule has 1 aromatic rings. The molecule has 0 unspecified atom stereocenters. The van der Waals surface area contributed by atoms with Crippen molar-refractivity contribution in [2.24, 2.45) is 0 Å². The van der Waals surface area contributed by atoms with Gasteiger partial charge in [0.15, 0.2) is 0 Å². The number of aryl methyl sites for hydroxylation is 1. The quantitative estimate of drug-likeness (QED) is 0.806. The molecule has 0 saturated carbocycles. The molecule has 0 radical (unpaired) electrons. The second-order valence-corrected chi connectivity index (χ2v) is 4.49. The predicted molar refractivity (Wildman–Crippen MR) is 51.6 cm³/mol. The lowest BCUT2D eigenvalue weighted by Gasteiger charge is -2.10. The van der Waals surface area contributed by atoms with Gasteiger partial charge in [0.25, 0.3) is 0 Å². The fraction of sp³-hybridized carbons (Fsp3) is 0.143. The van der Waals surface area contributed by atoms with Crippen LogP contribution in [0.25, 0.3) is 0 Å². The molecule has 1 aromatic carbocycles. The number of rotatable bonds is 2. The fourth-order valence-corrected chi connectivity index (χ4v) is 2.00. The third kappa shape index (κ3) is 3.12. The molecule has 0 aromatic heterocycles. The Balaban J connectivity index is 3.07. The highest BCUT2D eigenvalue weighted by Gasteiger charge is 2.18. The number of hydrogen-bond acceptors (Lipinski definition) is 2. The number of halogens is 1. The van der Waals surface area contributed by atoms with Crippen LogP contribution >= 0.6 is 23.8 Å². The van der Waals surface area contributed by atoms with Gasteiger partial charge in [0, 0.05) is 0 Å². The molecular formula is C7H8BrO4P. The third-order valence-electron chi connectivity index (χ3n) is 1.37. The second-order valence-electron chi connectivity index (χ2n) is 2.47. The topological polar surface area (TPSA) is 66.8 Å². The highest BCUT2D eigenvalue weighted by molar-refractivity contribution is 9.10. The second kappa shape index (κ2) is 3.80. The molecule has 2 N–H and O–H groups in total. The van der Waals surface area contributed by atoms with Crippen LogP contribution in [-0.2, 0) is 4.57 Å². The zero-order valence-corrected chi connectivity index (χ0v) is 9.25. The minimum Gasteiger partial charge on any atom is -0.403 e. The molecule has 0 bridgehead atoms. The fourth-order valence-electron chi connectivity index (χ4n) is 0.851. The van der Waals surface area contributed by atoms with E-state index in [4.69, 9.17) is 9.79 Å². The van der Waals surface area contributed by atoms with Gasteiger partial charge in [0.1, 0.15) is 5.75 Å². The van der Waals surface area contributed by atoms with Crippen molar-refractivity contribution in [1.82, 2.24) is 0 Å². The van der Waals surface area contributed by atoms with E-state index >= 15 is 0 Å². The summed E-state index contributed by atoms with van der Waals surface area (Å²) in [5.41, 5.74) is 0.665. The van der Waals surface area contributed by atoms with Crippen LogP contribution in [-0.4, -0.2) is 9.79 Å². The van der Waals surface area contributed by atoms with Gasteiger partial charge in [-0.25, -0.2) is 4.57 Å². The maximum absolute atomic E-state index is 10.6. The van der Waals surface area contributed by atoms with Crippen LogP contribution in [0.3, 0.4) is 0 Å². The molecule has 0 heterocycles. The lowest BCUT2D eigenvalue weighted by Crippen LogP contribution is -1.93. The maximum atomic E-state index is 10.6. The molecule has 13 heavy (non-hydrogen) atoms. The van der Waals surface area contributed by atoms with Gasteiger partial charge in [-0.3, -0.25) is 9.79 Å². The molecule has 0 amide bonds. The zero-order valence-electron chi connectivity index (χ0n) is 6.77. The Kier molecular flexibility index (Phi) is 3.14. The van der Waals surface area contributed by atoms with E-state index in [1.54, 1.807) is 25.1 Å². The van der Waals surface area contributed by atoms with Crippen molar-refractivity contribution in [2.75, 3.05) is 0 Å². The average Bonchev–Trinajstić information content (AvgIpc) is 1.95. The van der Waals surface area contributed by atoms with Crippen molar-refractivity contribution in [3.05, 3.63) is 28.2 Å². The molecular weight excluding hydrogens is 259 g/mol. The van der Waals surface area contributed by atoms with Crippen molar-refractivity contribution in [2.45, 2.75) is 6.92 Å². The summed E-state index contributed by atoms with van der Waals surface area (Å²) in [4.78, 5) is 17.2. The van der Waals surface area contributed by atoms with Crippen molar-refractivity contribution < 1.29 is 18.9 Å². The lowest BCUT2D eigenvalue weighted by molar-refractivity contribution is 0.282. The summed E-state index contributed by atoms with van der Waals surface area (Å²) in [6, 6.07) is 5.11. The smallest absolute Gasteiger partial charge is 0.403 e. The average molecular weight is 267 g/mol. The van der Waals surface area contributed by atoms with Crippen molar-refractivity contribution in [1.29, 1.82) is 0 Å². The summed E-state index contributed by atoms with van der Waals surface area (Å²) in [6.45, 7) is 1.70. The van der Waals surface area contributed by atoms with E-state index in [0.717, 1.165) is 0 Å². The highest BCUT2D eigenvalue weighted by atomic mass is 79.9. The van der Waals surface area contributed by atoms with Gasteiger partial charge >= 0.3 is 7.82 Å². The standard InChI is InChI=1S/C7H8BrO4P/c1-5-3-2-4-6(8)7(5)12-13(9,10)11/h2-4H,1H3,(H2,9,10,11). The Morgan fingerprint density at radius 3 is 2.54 bits per heavy atom. The molecule has 0 atom stereocenters. The Bertz CT molecular complexity index is 339. The maximum Gasteiger partial charge on any atom is 0.524 e. The van der Waals surface area contributed by atoms with Crippen molar-refractivity contribution in [3.8, 4) is 5.75 Å². The van der Waals surface area contributed by atoms with Gasteiger partial charge in [-0.15, -0.1) is 0 Å². The molecule has 4 nitrogen and oxygen atoms in total. The number of para-hydroxylation sites is 1. The van der Waals surface area contributed by atoms with Gasteiger partial charge in [-0.2, -0.15) is 0 Å². The van der Waals surface area contributed by atoms with Gasteiger partial charge in [0.2, 0.25) is 0 Å². The largest absolute Gasteiger partial charge is 0.524 e. The number of phosphoric ester groups is 1. The minimum atomic E-state index is -4.47. The first-order valence-electron chi connectivity index (χ1n) is 3.40. The summed E-state index contributed by atoms with van der Waals surface area (Å²) >= 11 is 3.13. The lowest BCUT2D eigenvalue weighted by atomic mass is 10.2. The van der Waals surface area contributed by atoms with Crippen LogP contribution in [0.1, 0.15) is 5.56 Å². The summed E-state index contributed by atoms with van der Waals surface area (Å²) in [5, 5.41) is 0. The first-order valence-corrected chi connectivity index (χ1v) is 5.73. The molecule has 0 aliphatic rings. The van der Waals surface area contributed by atoms with Gasteiger partial charge in [0.05, 0.1) is 4.47 Å². The minimum absolute atomic E-state index is 0.177. The van der Waals surface area contributed by atoms with E-state index < -0.39 is 7.82 Å². The van der Waals surface area contributed by atoms with E-state index in [0.29, 0.717) is 10.0 Å². The molecule has 0 aliphatic carbocycles. The predicted octanol–water partition coefficient (Wildman–Crippen LogP) is 2.23. The third-order valence-corrected chi connectivity index (χ3v) is 2.42. The molecule has 0 fully saturated rings. The van der Waals surface area contributed by atoms with Gasteiger partial charge < -0.3 is 4.52 Å². The highest BCUT2D eigenvalue weighted by Crippen LogP contribution is 2.42. The van der Waals surface area contributed by atoms with Crippen LogP contribution in [0.15, 0.2) is 22.7 Å². The summed E-state index contributed by atoms with van der Waals surface area (Å²) in [6.07, 6.45) is 0. The van der Waals surface area contributed by atoms with E-state index in [-0.39, 0.29) is 5.75 Å². The first-order chi connectivity index (χ1) is 5.90. The molecule has 0 saturated heterocycles. The van der Waals surface area contributed by atoms with E-state index in [9.17, 15) is 4.57 Å². The van der Waals surface area contributed by atoms with Crippen LogP contribution in [0.2, 0.25) is 0 Å². The molecule has 72 valence electrons. The Labute approximate surface area is 83.9 Å². The van der Waals surface area contributed by atoms with Crippen molar-refractivity contribution >= 4 is 23.8 Å². The Morgan fingerprint density at radius 2 is 2.08 bits per heavy atom.